The van der Waals surface area contributed by atoms with Crippen LogP contribution in [0.3, 0.4) is 0 Å². The highest BCUT2D eigenvalue weighted by Crippen LogP contribution is 2.43. The maximum atomic E-state index is 14.1. The normalized spacial score (nSPS) is 17.8. The van der Waals surface area contributed by atoms with Crippen molar-refractivity contribution in [2.75, 3.05) is 25.1 Å². The van der Waals surface area contributed by atoms with Crippen LogP contribution in [0.5, 0.6) is 17.5 Å². The predicted molar refractivity (Wildman–Crippen MR) is 131 cm³/mol. The van der Waals surface area contributed by atoms with Crippen molar-refractivity contribution in [2.45, 2.75) is 25.3 Å². The predicted octanol–water partition coefficient (Wildman–Crippen LogP) is 5.06. The van der Waals surface area contributed by atoms with E-state index in [-0.39, 0.29) is 24.2 Å². The van der Waals surface area contributed by atoms with E-state index < -0.39 is 5.97 Å². The molecule has 2 N–H and O–H groups in total. The summed E-state index contributed by atoms with van der Waals surface area (Å²) >= 11 is 0. The molecule has 0 saturated heterocycles. The van der Waals surface area contributed by atoms with Gasteiger partial charge in [-0.2, -0.15) is 4.98 Å². The van der Waals surface area contributed by atoms with Gasteiger partial charge in [-0.05, 0) is 31.2 Å². The molecular weight excluding hydrogens is 465 g/mol. The number of carboxylic acids is 1. The maximum Gasteiger partial charge on any atom is 0.304 e. The topological polar surface area (TPSA) is 94.8 Å². The molecule has 36 heavy (non-hydrogen) atoms. The van der Waals surface area contributed by atoms with Gasteiger partial charge in [0.2, 0.25) is 0 Å². The molecule has 6 rings (SSSR count). The van der Waals surface area contributed by atoms with Crippen molar-refractivity contribution < 1.29 is 28.5 Å². The van der Waals surface area contributed by atoms with E-state index in [0.717, 1.165) is 22.5 Å². The Balaban J connectivity index is 1.33. The number of nitrogens with zero attached hydrogens (tertiary/aromatic N) is 2. The zero-order valence-electron chi connectivity index (χ0n) is 19.5. The third-order valence-electron chi connectivity index (χ3n) is 6.55. The van der Waals surface area contributed by atoms with Crippen molar-refractivity contribution in [3.8, 4) is 23.2 Å². The second-order valence-electron chi connectivity index (χ2n) is 8.86. The largest absolute Gasteiger partial charge is 0.493 e. The van der Waals surface area contributed by atoms with Crippen LogP contribution in [0.2, 0.25) is 0 Å². The molecule has 0 aliphatic carbocycles. The van der Waals surface area contributed by atoms with Crippen LogP contribution >= 0.6 is 0 Å². The maximum absolute atomic E-state index is 14.1. The van der Waals surface area contributed by atoms with Crippen LogP contribution in [0.1, 0.15) is 36.4 Å². The van der Waals surface area contributed by atoms with Gasteiger partial charge in [-0.1, -0.05) is 18.2 Å². The summed E-state index contributed by atoms with van der Waals surface area (Å²) in [6.07, 6.45) is 0.0446. The number of carbonyl (C=O) groups is 1. The zero-order valence-corrected chi connectivity index (χ0v) is 19.5. The number of halogens is 1. The Bertz CT molecular complexity index is 1480. The summed E-state index contributed by atoms with van der Waals surface area (Å²) < 4.78 is 33.6. The smallest absolute Gasteiger partial charge is 0.304 e. The lowest BCUT2D eigenvalue weighted by atomic mass is 9.97. The van der Waals surface area contributed by atoms with Gasteiger partial charge in [0.05, 0.1) is 42.4 Å². The molecule has 0 spiro atoms. The summed E-state index contributed by atoms with van der Waals surface area (Å²) in [4.78, 5) is 15.7. The number of aromatic nitrogens is 2. The van der Waals surface area contributed by atoms with Crippen molar-refractivity contribution in [2.24, 2.45) is 0 Å². The lowest BCUT2D eigenvalue weighted by molar-refractivity contribution is -0.137. The van der Waals surface area contributed by atoms with Crippen LogP contribution < -0.4 is 19.5 Å². The molecule has 0 radical (unpaired) electrons. The zero-order chi connectivity index (χ0) is 24.8. The van der Waals surface area contributed by atoms with Crippen LogP contribution in [0.4, 0.5) is 10.1 Å². The number of aliphatic carboxylic acids is 1. The lowest BCUT2D eigenvalue weighted by Gasteiger charge is -2.15. The molecule has 3 aromatic carbocycles. The van der Waals surface area contributed by atoms with E-state index in [0.29, 0.717) is 48.4 Å². The molecule has 0 saturated carbocycles. The van der Waals surface area contributed by atoms with Gasteiger partial charge in [-0.3, -0.25) is 9.36 Å². The van der Waals surface area contributed by atoms with E-state index in [1.165, 1.54) is 12.1 Å². The Hall–Kier alpha value is -4.27. The van der Waals surface area contributed by atoms with E-state index >= 15 is 0 Å². The van der Waals surface area contributed by atoms with Gasteiger partial charge in [0, 0.05) is 34.9 Å². The van der Waals surface area contributed by atoms with Crippen molar-refractivity contribution >= 4 is 22.7 Å². The Morgan fingerprint density at radius 3 is 2.89 bits per heavy atom. The molecule has 184 valence electrons. The van der Waals surface area contributed by atoms with Crippen LogP contribution in [0.25, 0.3) is 16.7 Å². The second-order valence-corrected chi connectivity index (χ2v) is 8.86. The fraction of sp³-hybridized carbons (Fsp3) is 0.259. The molecule has 2 aliphatic rings. The number of ether oxygens (including phenoxy) is 3. The van der Waals surface area contributed by atoms with E-state index in [1.54, 1.807) is 10.6 Å². The first-order chi connectivity index (χ1) is 17.5. The number of nitrogens with one attached hydrogen (secondary N) is 1. The molecule has 0 fully saturated rings. The van der Waals surface area contributed by atoms with Crippen LogP contribution in [-0.4, -0.2) is 40.4 Å². The molecule has 0 bridgehead atoms. The number of rotatable bonds is 7. The molecule has 0 amide bonds. The minimum Gasteiger partial charge on any atom is -0.493 e. The summed E-state index contributed by atoms with van der Waals surface area (Å²) in [7, 11) is 0. The lowest BCUT2D eigenvalue weighted by Crippen LogP contribution is -2.11. The fourth-order valence-electron chi connectivity index (χ4n) is 4.96. The third kappa shape index (κ3) is 3.77. The number of anilines is 1. The standard InChI is InChI=1S/C27H24FN3O5/c1-2-34-27-30-20-9-6-16(28)11-23(20)31(27)22-5-3-4-19-21(14-36-26(19)22)29-17-7-8-18-15(10-25(32)33)13-35-24(18)12-17/h3-9,11-12,15,21,29H,2,10,13-14H2,1H3,(H,32,33)/t15-,21-/m1/s1. The highest BCUT2D eigenvalue weighted by Gasteiger charge is 2.30. The Morgan fingerprint density at radius 2 is 2.06 bits per heavy atom. The number of para-hydroxylation sites is 1. The van der Waals surface area contributed by atoms with Gasteiger partial charge in [0.15, 0.2) is 0 Å². The van der Waals surface area contributed by atoms with Crippen LogP contribution in [0, 0.1) is 5.82 Å². The summed E-state index contributed by atoms with van der Waals surface area (Å²) in [5.74, 6) is 0.0455. The third-order valence-corrected chi connectivity index (χ3v) is 6.55. The molecule has 2 atom stereocenters. The summed E-state index contributed by atoms with van der Waals surface area (Å²) in [5.41, 5.74) is 4.67. The number of hydrogen-bond acceptors (Lipinski definition) is 6. The Kier molecular flexibility index (Phi) is 5.40. The minimum absolute atomic E-state index is 0.0446. The molecular formula is C27H24FN3O5. The van der Waals surface area contributed by atoms with Gasteiger partial charge in [-0.25, -0.2) is 4.39 Å². The van der Waals surface area contributed by atoms with E-state index in [1.807, 2.05) is 43.3 Å². The highest BCUT2D eigenvalue weighted by atomic mass is 19.1. The fourth-order valence-corrected chi connectivity index (χ4v) is 4.96. The van der Waals surface area contributed by atoms with Gasteiger partial charge < -0.3 is 24.6 Å². The number of imidazole rings is 1. The number of benzene rings is 3. The quantitative estimate of drug-likeness (QED) is 0.375. The van der Waals surface area contributed by atoms with Crippen LogP contribution in [0.15, 0.2) is 54.6 Å². The molecule has 8 nitrogen and oxygen atoms in total. The van der Waals surface area contributed by atoms with Crippen molar-refractivity contribution in [3.63, 3.8) is 0 Å². The first-order valence-corrected chi connectivity index (χ1v) is 11.8. The second kappa shape index (κ2) is 8.75. The molecule has 9 heteroatoms. The van der Waals surface area contributed by atoms with E-state index in [4.69, 9.17) is 19.3 Å². The van der Waals surface area contributed by atoms with E-state index in [2.05, 4.69) is 10.3 Å². The molecule has 1 aromatic heterocycles. The molecule has 2 aliphatic heterocycles. The van der Waals surface area contributed by atoms with Crippen molar-refractivity contribution in [1.29, 1.82) is 0 Å². The van der Waals surface area contributed by atoms with Gasteiger partial charge in [0.1, 0.15) is 23.9 Å². The number of hydrogen-bond donors (Lipinski definition) is 2. The summed E-state index contributed by atoms with van der Waals surface area (Å²) in [6.45, 7) is 3.06. The SMILES string of the molecule is CCOc1nc2ccc(F)cc2n1-c1cccc2c1OC[C@H]2Nc1ccc2c(c1)OC[C@H]2CC(=O)O. The first kappa shape index (κ1) is 22.2. The molecule has 0 unspecified atom stereocenters. The van der Waals surface area contributed by atoms with Gasteiger partial charge in [-0.15, -0.1) is 0 Å². The van der Waals surface area contributed by atoms with Gasteiger partial charge in [0.25, 0.3) is 0 Å². The number of carboxylic acid groups (broad SMARTS) is 1. The van der Waals surface area contributed by atoms with Crippen molar-refractivity contribution in [1.82, 2.24) is 9.55 Å². The highest BCUT2D eigenvalue weighted by molar-refractivity contribution is 5.80. The van der Waals surface area contributed by atoms with Crippen LogP contribution in [-0.2, 0) is 4.79 Å². The number of fused-ring (bicyclic) bond motifs is 3. The molecule has 3 heterocycles. The van der Waals surface area contributed by atoms with E-state index in [9.17, 15) is 9.18 Å². The minimum atomic E-state index is -0.838. The average Bonchev–Trinajstić information content (AvgIpc) is 3.54. The monoisotopic (exact) mass is 489 g/mol. The van der Waals surface area contributed by atoms with Gasteiger partial charge >= 0.3 is 12.0 Å². The Morgan fingerprint density at radius 1 is 1.17 bits per heavy atom. The Labute approximate surface area is 206 Å². The summed E-state index contributed by atoms with van der Waals surface area (Å²) in [5, 5.41) is 12.6. The van der Waals surface area contributed by atoms with Crippen molar-refractivity contribution in [3.05, 3.63) is 71.5 Å². The molecule has 4 aromatic rings. The summed E-state index contributed by atoms with van der Waals surface area (Å²) in [6, 6.07) is 16.3. The average molecular weight is 490 g/mol. The first-order valence-electron chi connectivity index (χ1n) is 11.8.